The molecule has 0 radical (unpaired) electrons. The molecule has 0 saturated heterocycles. The fourth-order valence-electron chi connectivity index (χ4n) is 1.83. The summed E-state index contributed by atoms with van der Waals surface area (Å²) in [5.41, 5.74) is 1.27. The Morgan fingerprint density at radius 1 is 1.24 bits per heavy atom. The zero-order valence-corrected chi connectivity index (χ0v) is 11.6. The summed E-state index contributed by atoms with van der Waals surface area (Å²) in [4.78, 5) is 37.7. The van der Waals surface area contributed by atoms with Gasteiger partial charge in [-0.3, -0.25) is 9.59 Å². The van der Waals surface area contributed by atoms with Crippen LogP contribution in [0, 0.1) is 6.92 Å². The van der Waals surface area contributed by atoms with Gasteiger partial charge in [0, 0.05) is 24.1 Å². The Hall–Kier alpha value is -2.89. The van der Waals surface area contributed by atoms with Crippen LogP contribution in [-0.4, -0.2) is 24.0 Å². The van der Waals surface area contributed by atoms with Crippen molar-refractivity contribution in [1.29, 1.82) is 0 Å². The molecular weight excluding hydrogens is 272 g/mol. The van der Waals surface area contributed by atoms with Crippen LogP contribution in [0.15, 0.2) is 41.5 Å². The number of pyridine rings is 1. The highest BCUT2D eigenvalue weighted by Crippen LogP contribution is 2.17. The third kappa shape index (κ3) is 3.17. The van der Waals surface area contributed by atoms with Gasteiger partial charge in [0.05, 0.1) is 12.7 Å². The van der Waals surface area contributed by atoms with Crippen molar-refractivity contribution < 1.29 is 14.3 Å². The standard InChI is InChI=1S/C15H14N2O4/c1-9-7-10(15(20)21-2)3-4-12(9)17-14(19)11-8-16-6-5-13(11)18/h3-8H,1-2H3,(H,16,18)(H,17,19). The number of benzene rings is 1. The molecule has 0 aliphatic carbocycles. The van der Waals surface area contributed by atoms with Crippen LogP contribution in [-0.2, 0) is 4.74 Å². The van der Waals surface area contributed by atoms with Crippen LogP contribution in [0.4, 0.5) is 5.69 Å². The van der Waals surface area contributed by atoms with E-state index in [0.29, 0.717) is 16.8 Å². The molecule has 1 aromatic heterocycles. The molecule has 2 aromatic rings. The smallest absolute Gasteiger partial charge is 0.337 e. The molecule has 0 spiro atoms. The largest absolute Gasteiger partial charge is 0.465 e. The lowest BCUT2D eigenvalue weighted by Gasteiger charge is -2.09. The van der Waals surface area contributed by atoms with Crippen LogP contribution in [0.5, 0.6) is 0 Å². The van der Waals surface area contributed by atoms with E-state index in [-0.39, 0.29) is 11.0 Å². The van der Waals surface area contributed by atoms with E-state index in [1.807, 2.05) is 0 Å². The number of H-pyrrole nitrogens is 1. The molecule has 0 atom stereocenters. The fraction of sp³-hybridized carbons (Fsp3) is 0.133. The molecule has 0 saturated carbocycles. The highest BCUT2D eigenvalue weighted by Gasteiger charge is 2.12. The number of nitrogens with one attached hydrogen (secondary N) is 2. The molecule has 1 aromatic carbocycles. The first-order chi connectivity index (χ1) is 10.0. The minimum absolute atomic E-state index is 0.0222. The lowest BCUT2D eigenvalue weighted by atomic mass is 10.1. The summed E-state index contributed by atoms with van der Waals surface area (Å²) in [5, 5.41) is 2.64. The number of rotatable bonds is 3. The number of hydrogen-bond acceptors (Lipinski definition) is 4. The Morgan fingerprint density at radius 3 is 2.62 bits per heavy atom. The van der Waals surface area contributed by atoms with Gasteiger partial charge in [0.15, 0.2) is 5.43 Å². The van der Waals surface area contributed by atoms with Crippen LogP contribution in [0.3, 0.4) is 0 Å². The quantitative estimate of drug-likeness (QED) is 0.841. The minimum atomic E-state index is -0.509. The van der Waals surface area contributed by atoms with E-state index >= 15 is 0 Å². The maximum absolute atomic E-state index is 12.0. The summed E-state index contributed by atoms with van der Waals surface area (Å²) < 4.78 is 4.63. The Kier molecular flexibility index (Phi) is 4.18. The van der Waals surface area contributed by atoms with Gasteiger partial charge in [-0.05, 0) is 30.7 Å². The number of hydrogen-bond donors (Lipinski definition) is 2. The van der Waals surface area contributed by atoms with Crippen molar-refractivity contribution in [3.05, 3.63) is 63.6 Å². The van der Waals surface area contributed by atoms with Crippen molar-refractivity contribution in [1.82, 2.24) is 4.98 Å². The number of amides is 1. The maximum atomic E-state index is 12.0. The molecule has 2 rings (SSSR count). The topological polar surface area (TPSA) is 88.3 Å². The van der Waals surface area contributed by atoms with Gasteiger partial charge in [0.25, 0.3) is 5.91 Å². The van der Waals surface area contributed by atoms with Crippen molar-refractivity contribution >= 4 is 17.6 Å². The normalized spacial score (nSPS) is 10.0. The van der Waals surface area contributed by atoms with Gasteiger partial charge in [0.2, 0.25) is 0 Å². The second-order valence-corrected chi connectivity index (χ2v) is 4.40. The first-order valence-electron chi connectivity index (χ1n) is 6.20. The van der Waals surface area contributed by atoms with Crippen molar-refractivity contribution in [2.45, 2.75) is 6.92 Å². The number of carbonyl (C=O) groups excluding carboxylic acids is 2. The molecule has 2 N–H and O–H groups in total. The average molecular weight is 286 g/mol. The van der Waals surface area contributed by atoms with E-state index in [9.17, 15) is 14.4 Å². The number of carbonyl (C=O) groups is 2. The molecule has 6 nitrogen and oxygen atoms in total. The molecule has 1 heterocycles. The van der Waals surface area contributed by atoms with Gasteiger partial charge in [-0.15, -0.1) is 0 Å². The number of aromatic nitrogens is 1. The van der Waals surface area contributed by atoms with Crippen molar-refractivity contribution in [2.75, 3.05) is 12.4 Å². The maximum Gasteiger partial charge on any atom is 0.337 e. The predicted molar refractivity (Wildman–Crippen MR) is 77.5 cm³/mol. The second-order valence-electron chi connectivity index (χ2n) is 4.40. The van der Waals surface area contributed by atoms with E-state index in [4.69, 9.17) is 0 Å². The molecular formula is C15H14N2O4. The first-order valence-corrected chi connectivity index (χ1v) is 6.20. The third-order valence-electron chi connectivity index (χ3n) is 2.96. The summed E-state index contributed by atoms with van der Waals surface area (Å²) in [6.07, 6.45) is 2.80. The summed E-state index contributed by atoms with van der Waals surface area (Å²) in [5.74, 6) is -0.957. The van der Waals surface area contributed by atoms with Gasteiger partial charge < -0.3 is 15.0 Å². The van der Waals surface area contributed by atoms with Gasteiger partial charge in [0.1, 0.15) is 5.56 Å². The number of aromatic amines is 1. The molecule has 108 valence electrons. The molecule has 0 aliphatic heterocycles. The number of aryl methyl sites for hydroxylation is 1. The van der Waals surface area contributed by atoms with E-state index < -0.39 is 11.9 Å². The SMILES string of the molecule is COC(=O)c1ccc(NC(=O)c2c[nH]ccc2=O)c(C)c1. The summed E-state index contributed by atoms with van der Waals surface area (Å²) >= 11 is 0. The van der Waals surface area contributed by atoms with E-state index in [0.717, 1.165) is 0 Å². The zero-order chi connectivity index (χ0) is 15.4. The average Bonchev–Trinajstić information content (AvgIpc) is 2.48. The van der Waals surface area contributed by atoms with Crippen LogP contribution >= 0.6 is 0 Å². The number of esters is 1. The Labute approximate surface area is 120 Å². The molecule has 1 amide bonds. The van der Waals surface area contributed by atoms with Gasteiger partial charge in [-0.2, -0.15) is 0 Å². The van der Waals surface area contributed by atoms with Crippen molar-refractivity contribution in [2.24, 2.45) is 0 Å². The highest BCUT2D eigenvalue weighted by atomic mass is 16.5. The number of methoxy groups -OCH3 is 1. The van der Waals surface area contributed by atoms with E-state index in [2.05, 4.69) is 15.0 Å². The fourth-order valence-corrected chi connectivity index (χ4v) is 1.83. The predicted octanol–water partition coefficient (Wildman–Crippen LogP) is 1.72. The molecule has 0 unspecified atom stereocenters. The van der Waals surface area contributed by atoms with Crippen LogP contribution < -0.4 is 10.7 Å². The molecule has 0 aliphatic rings. The molecule has 6 heteroatoms. The lowest BCUT2D eigenvalue weighted by Crippen LogP contribution is -2.21. The Balaban J connectivity index is 2.24. The Morgan fingerprint density at radius 2 is 2.00 bits per heavy atom. The molecule has 0 fully saturated rings. The van der Waals surface area contributed by atoms with Crippen LogP contribution in [0.1, 0.15) is 26.3 Å². The molecule has 21 heavy (non-hydrogen) atoms. The van der Waals surface area contributed by atoms with E-state index in [1.165, 1.54) is 25.6 Å². The van der Waals surface area contributed by atoms with E-state index in [1.54, 1.807) is 25.1 Å². The first kappa shape index (κ1) is 14.5. The lowest BCUT2D eigenvalue weighted by molar-refractivity contribution is 0.0600. The van der Waals surface area contributed by atoms with Crippen LogP contribution in [0.25, 0.3) is 0 Å². The zero-order valence-electron chi connectivity index (χ0n) is 11.6. The monoisotopic (exact) mass is 286 g/mol. The number of ether oxygens (including phenoxy) is 1. The summed E-state index contributed by atoms with van der Waals surface area (Å²) in [6.45, 7) is 1.75. The summed E-state index contributed by atoms with van der Waals surface area (Å²) in [7, 11) is 1.30. The van der Waals surface area contributed by atoms with Gasteiger partial charge in [-0.1, -0.05) is 0 Å². The van der Waals surface area contributed by atoms with Crippen LogP contribution in [0.2, 0.25) is 0 Å². The van der Waals surface area contributed by atoms with Gasteiger partial charge >= 0.3 is 5.97 Å². The number of anilines is 1. The Bertz CT molecular complexity index is 749. The second kappa shape index (κ2) is 6.04. The minimum Gasteiger partial charge on any atom is -0.465 e. The molecule has 0 bridgehead atoms. The van der Waals surface area contributed by atoms with Gasteiger partial charge in [-0.25, -0.2) is 4.79 Å². The van der Waals surface area contributed by atoms with Crippen molar-refractivity contribution in [3.63, 3.8) is 0 Å². The highest BCUT2D eigenvalue weighted by molar-refractivity contribution is 6.04. The third-order valence-corrected chi connectivity index (χ3v) is 2.96. The summed E-state index contributed by atoms with van der Waals surface area (Å²) in [6, 6.07) is 6.03. The van der Waals surface area contributed by atoms with Crippen molar-refractivity contribution in [3.8, 4) is 0 Å².